The first-order valence-electron chi connectivity index (χ1n) is 8.36. The van der Waals surface area contributed by atoms with Gasteiger partial charge in [0.1, 0.15) is 0 Å². The molecule has 0 amide bonds. The van der Waals surface area contributed by atoms with Gasteiger partial charge in [-0.25, -0.2) is 8.42 Å². The van der Waals surface area contributed by atoms with Crippen molar-refractivity contribution in [2.24, 2.45) is 4.99 Å². The van der Waals surface area contributed by atoms with Gasteiger partial charge in [-0.1, -0.05) is 30.2 Å². The fraction of sp³-hybridized carbons (Fsp3) is 0.588. The molecule has 5 nitrogen and oxygen atoms in total. The standard InChI is InChI=1S/C17H24ClN3O2S.HI/c1-19-16(21-15-7-10-24(22,23)11-15)20-12-17(8-2-9-17)13-3-5-14(18)6-4-13;/h3-6,15H,2,7-12H2,1H3,(H2,19,20,21);1H. The highest BCUT2D eigenvalue weighted by atomic mass is 127. The van der Waals surface area contributed by atoms with E-state index in [0.29, 0.717) is 12.4 Å². The molecule has 2 aliphatic rings. The summed E-state index contributed by atoms with van der Waals surface area (Å²) in [5.74, 6) is 1.13. The van der Waals surface area contributed by atoms with Gasteiger partial charge in [-0.2, -0.15) is 0 Å². The van der Waals surface area contributed by atoms with Crippen LogP contribution in [0.5, 0.6) is 0 Å². The van der Waals surface area contributed by atoms with Gasteiger partial charge in [0.2, 0.25) is 0 Å². The van der Waals surface area contributed by atoms with E-state index in [-0.39, 0.29) is 46.9 Å². The highest BCUT2D eigenvalue weighted by Gasteiger charge is 2.38. The smallest absolute Gasteiger partial charge is 0.191 e. The number of nitrogens with zero attached hydrogens (tertiary/aromatic N) is 1. The molecule has 8 heteroatoms. The van der Waals surface area contributed by atoms with Gasteiger partial charge in [-0.3, -0.25) is 4.99 Å². The van der Waals surface area contributed by atoms with Crippen molar-refractivity contribution in [3.8, 4) is 0 Å². The van der Waals surface area contributed by atoms with Crippen LogP contribution in [0.15, 0.2) is 29.3 Å². The van der Waals surface area contributed by atoms with Gasteiger partial charge in [-0.15, -0.1) is 24.0 Å². The molecule has 3 rings (SSSR count). The van der Waals surface area contributed by atoms with Crippen molar-refractivity contribution >= 4 is 51.4 Å². The number of halogens is 2. The van der Waals surface area contributed by atoms with E-state index in [2.05, 4.69) is 27.8 Å². The van der Waals surface area contributed by atoms with Crippen LogP contribution in [-0.4, -0.2) is 45.5 Å². The van der Waals surface area contributed by atoms with E-state index in [1.54, 1.807) is 7.05 Å². The Hall–Kier alpha value is -0.540. The van der Waals surface area contributed by atoms with E-state index in [1.165, 1.54) is 12.0 Å². The van der Waals surface area contributed by atoms with Gasteiger partial charge in [-0.05, 0) is 37.0 Å². The summed E-state index contributed by atoms with van der Waals surface area (Å²) < 4.78 is 23.2. The molecule has 2 fully saturated rings. The van der Waals surface area contributed by atoms with E-state index < -0.39 is 9.84 Å². The Labute approximate surface area is 172 Å². The van der Waals surface area contributed by atoms with Gasteiger partial charge in [0.05, 0.1) is 11.5 Å². The Bertz CT molecular complexity index is 718. The first-order valence-corrected chi connectivity index (χ1v) is 10.6. The quantitative estimate of drug-likeness (QED) is 0.381. The number of nitrogens with one attached hydrogen (secondary N) is 2. The van der Waals surface area contributed by atoms with E-state index in [9.17, 15) is 8.42 Å². The van der Waals surface area contributed by atoms with Crippen molar-refractivity contribution in [3.63, 3.8) is 0 Å². The molecule has 0 spiro atoms. The molecule has 0 bridgehead atoms. The van der Waals surface area contributed by atoms with Gasteiger partial charge in [0.25, 0.3) is 0 Å². The lowest BCUT2D eigenvalue weighted by Crippen LogP contribution is -2.51. The number of hydrogen-bond donors (Lipinski definition) is 2. The first kappa shape index (κ1) is 20.8. The minimum absolute atomic E-state index is 0. The maximum Gasteiger partial charge on any atom is 0.191 e. The number of hydrogen-bond acceptors (Lipinski definition) is 3. The normalized spacial score (nSPS) is 24.1. The molecule has 1 aromatic rings. The van der Waals surface area contributed by atoms with Crippen LogP contribution >= 0.6 is 35.6 Å². The number of aliphatic imine (C=N–C) groups is 1. The summed E-state index contributed by atoms with van der Waals surface area (Å²) in [4.78, 5) is 4.25. The fourth-order valence-corrected chi connectivity index (χ4v) is 5.32. The van der Waals surface area contributed by atoms with Crippen LogP contribution in [0, 0.1) is 0 Å². The third kappa shape index (κ3) is 5.01. The molecule has 2 N–H and O–H groups in total. The van der Waals surface area contributed by atoms with Gasteiger partial charge in [0, 0.05) is 30.1 Å². The zero-order chi connectivity index (χ0) is 17.2. The lowest BCUT2D eigenvalue weighted by Gasteiger charge is -2.43. The predicted molar refractivity (Wildman–Crippen MR) is 114 cm³/mol. The van der Waals surface area contributed by atoms with Crippen molar-refractivity contribution in [1.29, 1.82) is 0 Å². The second kappa shape index (κ2) is 8.43. The predicted octanol–water partition coefficient (Wildman–Crippen LogP) is 2.73. The van der Waals surface area contributed by atoms with Crippen LogP contribution in [0.1, 0.15) is 31.2 Å². The Morgan fingerprint density at radius 2 is 2.00 bits per heavy atom. The van der Waals surface area contributed by atoms with E-state index >= 15 is 0 Å². The maximum absolute atomic E-state index is 11.6. The minimum atomic E-state index is -2.89. The van der Waals surface area contributed by atoms with Crippen LogP contribution in [0.3, 0.4) is 0 Å². The monoisotopic (exact) mass is 497 g/mol. The molecule has 1 unspecified atom stereocenters. The van der Waals surface area contributed by atoms with Gasteiger partial charge >= 0.3 is 0 Å². The second-order valence-electron chi connectivity index (χ2n) is 6.81. The molecule has 25 heavy (non-hydrogen) atoms. The van der Waals surface area contributed by atoms with E-state index in [0.717, 1.165) is 24.4 Å². The Morgan fingerprint density at radius 3 is 2.48 bits per heavy atom. The summed E-state index contributed by atoms with van der Waals surface area (Å²) in [6.07, 6.45) is 4.13. The molecular formula is C17H25ClIN3O2S. The molecule has 1 atom stereocenters. The third-order valence-corrected chi connectivity index (χ3v) is 7.18. The minimum Gasteiger partial charge on any atom is -0.356 e. The Morgan fingerprint density at radius 1 is 1.32 bits per heavy atom. The maximum atomic E-state index is 11.6. The third-order valence-electron chi connectivity index (χ3n) is 5.16. The summed E-state index contributed by atoms with van der Waals surface area (Å²) in [7, 11) is -1.17. The number of sulfone groups is 1. The van der Waals surface area contributed by atoms with E-state index in [4.69, 9.17) is 11.6 Å². The van der Waals surface area contributed by atoms with Crippen LogP contribution in [0.4, 0.5) is 0 Å². The van der Waals surface area contributed by atoms with Crippen LogP contribution in [-0.2, 0) is 15.3 Å². The molecule has 1 heterocycles. The highest BCUT2D eigenvalue weighted by molar-refractivity contribution is 14.0. The van der Waals surface area contributed by atoms with Gasteiger partial charge < -0.3 is 10.6 Å². The summed E-state index contributed by atoms with van der Waals surface area (Å²) in [6, 6.07) is 8.03. The van der Waals surface area contributed by atoms with Crippen molar-refractivity contribution in [2.75, 3.05) is 25.1 Å². The fourth-order valence-electron chi connectivity index (χ4n) is 3.52. The lowest BCUT2D eigenvalue weighted by atomic mass is 9.64. The number of guanidine groups is 1. The molecule has 140 valence electrons. The zero-order valence-electron chi connectivity index (χ0n) is 14.3. The number of benzene rings is 1. The Balaban J connectivity index is 0.00000225. The first-order chi connectivity index (χ1) is 11.4. The molecule has 1 aromatic carbocycles. The molecular weight excluding hydrogens is 473 g/mol. The number of rotatable bonds is 4. The van der Waals surface area contributed by atoms with Crippen molar-refractivity contribution < 1.29 is 8.42 Å². The second-order valence-corrected chi connectivity index (χ2v) is 9.48. The highest BCUT2D eigenvalue weighted by Crippen LogP contribution is 2.43. The van der Waals surface area contributed by atoms with Crippen LogP contribution < -0.4 is 10.6 Å². The average Bonchev–Trinajstić information content (AvgIpc) is 2.85. The lowest BCUT2D eigenvalue weighted by molar-refractivity contribution is 0.243. The summed E-state index contributed by atoms with van der Waals surface area (Å²) in [5, 5.41) is 7.38. The summed E-state index contributed by atoms with van der Waals surface area (Å²) >= 11 is 6.00. The Kier molecular flexibility index (Phi) is 7.01. The molecule has 0 radical (unpaired) electrons. The molecule has 0 aromatic heterocycles. The molecule has 1 aliphatic heterocycles. The average molecular weight is 498 g/mol. The SMILES string of the molecule is CN=C(NCC1(c2ccc(Cl)cc2)CCC1)NC1CCS(=O)(=O)C1.I. The zero-order valence-corrected chi connectivity index (χ0v) is 18.2. The summed E-state index contributed by atoms with van der Waals surface area (Å²) in [5.41, 5.74) is 1.41. The molecule has 1 saturated carbocycles. The van der Waals surface area contributed by atoms with Crippen LogP contribution in [0.25, 0.3) is 0 Å². The molecule has 1 saturated heterocycles. The topological polar surface area (TPSA) is 70.6 Å². The van der Waals surface area contributed by atoms with Crippen molar-refractivity contribution in [1.82, 2.24) is 10.6 Å². The van der Waals surface area contributed by atoms with Gasteiger partial charge in [0.15, 0.2) is 15.8 Å². The van der Waals surface area contributed by atoms with Crippen molar-refractivity contribution in [2.45, 2.75) is 37.1 Å². The van der Waals surface area contributed by atoms with Crippen LogP contribution in [0.2, 0.25) is 5.02 Å². The summed E-state index contributed by atoms with van der Waals surface area (Å²) in [6.45, 7) is 0.785. The largest absolute Gasteiger partial charge is 0.356 e. The van der Waals surface area contributed by atoms with E-state index in [1.807, 2.05) is 12.1 Å². The van der Waals surface area contributed by atoms with Crippen molar-refractivity contribution in [3.05, 3.63) is 34.9 Å². The molecule has 1 aliphatic carbocycles.